The van der Waals surface area contributed by atoms with Gasteiger partial charge in [0.25, 0.3) is 0 Å². The number of hydrogen-bond donors (Lipinski definition) is 0. The zero-order valence-corrected chi connectivity index (χ0v) is 27.6. The van der Waals surface area contributed by atoms with Crippen molar-refractivity contribution in [3.63, 3.8) is 0 Å². The molecule has 1 amide bonds. The average Bonchev–Trinajstić information content (AvgIpc) is 3.42. The molecule has 0 bridgehead atoms. The molecule has 0 spiro atoms. The Morgan fingerprint density at radius 1 is 1.05 bits per heavy atom. The smallest absolute Gasteiger partial charge is 0.232 e. The SMILES string of the molecule is Cc1cc(N(CC(C)C)S(C)(=O)=O)c(C2CCN(C(=O)[C@@H]3CN(C4CCOCC4)CC3c3ccc(F)cc3F)CC2)cc1Cl. The number of halogens is 3. The molecular weight excluding hydrogens is 608 g/mol. The maximum Gasteiger partial charge on any atom is 0.232 e. The summed E-state index contributed by atoms with van der Waals surface area (Å²) < 4.78 is 61.7. The van der Waals surface area contributed by atoms with Crippen LogP contribution in [0.3, 0.4) is 0 Å². The van der Waals surface area contributed by atoms with E-state index in [0.717, 1.165) is 30.0 Å². The Bertz CT molecular complexity index is 1460. The van der Waals surface area contributed by atoms with E-state index in [1.54, 1.807) is 0 Å². The molecule has 0 N–H and O–H groups in total. The molecule has 11 heteroatoms. The molecule has 2 aromatic carbocycles. The van der Waals surface area contributed by atoms with Crippen molar-refractivity contribution in [2.75, 3.05) is 56.5 Å². The number of aryl methyl sites for hydroxylation is 1. The van der Waals surface area contributed by atoms with Gasteiger partial charge in [0.1, 0.15) is 11.6 Å². The summed E-state index contributed by atoms with van der Waals surface area (Å²) >= 11 is 6.57. The van der Waals surface area contributed by atoms with Crippen LogP contribution in [0.2, 0.25) is 5.02 Å². The summed E-state index contributed by atoms with van der Waals surface area (Å²) in [6, 6.07) is 7.69. The molecule has 0 aromatic heterocycles. The predicted octanol–water partition coefficient (Wildman–Crippen LogP) is 5.95. The molecule has 3 saturated heterocycles. The van der Waals surface area contributed by atoms with Gasteiger partial charge in [0.05, 0.1) is 17.9 Å². The normalized spacial score (nSPS) is 22.6. The standard InChI is InChI=1S/C33H44ClF2N3O4S/c1-21(2)18-39(44(4,41)42)32-15-22(3)30(34)17-27(32)23-7-11-37(12-8-23)33(40)29-20-38(25-9-13-43-14-10-25)19-28(29)26-6-5-24(35)16-31(26)36/h5-6,15-17,21,23,25,28-29H,7-14,18-20H2,1-4H3/t28?,29-/m1/s1. The number of sulfonamides is 1. The number of rotatable bonds is 8. The topological polar surface area (TPSA) is 70.2 Å². The van der Waals surface area contributed by atoms with Crippen LogP contribution >= 0.6 is 11.6 Å². The molecule has 2 aromatic rings. The third-order valence-corrected chi connectivity index (χ3v) is 11.0. The van der Waals surface area contributed by atoms with Gasteiger partial charge in [-0.2, -0.15) is 0 Å². The first kappa shape index (κ1) is 33.1. The highest BCUT2D eigenvalue weighted by atomic mass is 35.5. The summed E-state index contributed by atoms with van der Waals surface area (Å²) in [6.07, 6.45) is 4.28. The molecule has 5 rings (SSSR count). The highest BCUT2D eigenvalue weighted by molar-refractivity contribution is 7.92. The molecule has 242 valence electrons. The van der Waals surface area contributed by atoms with Crippen molar-refractivity contribution in [3.8, 4) is 0 Å². The fraction of sp³-hybridized carbons (Fsp3) is 0.606. The fourth-order valence-electron chi connectivity index (χ4n) is 7.16. The van der Waals surface area contributed by atoms with Gasteiger partial charge >= 0.3 is 0 Å². The minimum atomic E-state index is -3.53. The van der Waals surface area contributed by atoms with Crippen molar-refractivity contribution in [1.82, 2.24) is 9.80 Å². The monoisotopic (exact) mass is 651 g/mol. The van der Waals surface area contributed by atoms with Gasteiger partial charge in [-0.3, -0.25) is 14.0 Å². The quantitative estimate of drug-likeness (QED) is 0.353. The van der Waals surface area contributed by atoms with Crippen LogP contribution in [0.4, 0.5) is 14.5 Å². The van der Waals surface area contributed by atoms with E-state index in [0.29, 0.717) is 75.1 Å². The Balaban J connectivity index is 1.37. The van der Waals surface area contributed by atoms with E-state index in [9.17, 15) is 17.6 Å². The van der Waals surface area contributed by atoms with Crippen molar-refractivity contribution < 1.29 is 26.7 Å². The van der Waals surface area contributed by atoms with E-state index < -0.39 is 27.6 Å². The van der Waals surface area contributed by atoms with Crippen LogP contribution in [0, 0.1) is 30.4 Å². The predicted molar refractivity (Wildman–Crippen MR) is 170 cm³/mol. The first-order valence-electron chi connectivity index (χ1n) is 15.7. The lowest BCUT2D eigenvalue weighted by molar-refractivity contribution is -0.136. The minimum Gasteiger partial charge on any atom is -0.381 e. The molecule has 3 aliphatic rings. The van der Waals surface area contributed by atoms with Crippen LogP contribution in [-0.2, 0) is 19.6 Å². The first-order chi connectivity index (χ1) is 20.8. The average molecular weight is 652 g/mol. The zero-order valence-electron chi connectivity index (χ0n) is 26.1. The number of amides is 1. The molecule has 0 aliphatic carbocycles. The Hall–Kier alpha value is -2.27. The van der Waals surface area contributed by atoms with Crippen molar-refractivity contribution in [1.29, 1.82) is 0 Å². The van der Waals surface area contributed by atoms with Gasteiger partial charge in [-0.1, -0.05) is 31.5 Å². The Labute approximate surface area is 265 Å². The van der Waals surface area contributed by atoms with Crippen LogP contribution in [0.1, 0.15) is 68.1 Å². The second-order valence-corrected chi connectivity index (χ2v) is 15.4. The van der Waals surface area contributed by atoms with E-state index >= 15 is 4.39 Å². The van der Waals surface area contributed by atoms with Gasteiger partial charge < -0.3 is 9.64 Å². The van der Waals surface area contributed by atoms with Gasteiger partial charge in [0, 0.05) is 69.0 Å². The number of likely N-dealkylation sites (tertiary alicyclic amines) is 2. The third-order valence-electron chi connectivity index (χ3n) is 9.49. The van der Waals surface area contributed by atoms with Crippen molar-refractivity contribution in [2.24, 2.45) is 11.8 Å². The Morgan fingerprint density at radius 3 is 2.34 bits per heavy atom. The van der Waals surface area contributed by atoms with Crippen molar-refractivity contribution in [3.05, 3.63) is 63.7 Å². The summed E-state index contributed by atoms with van der Waals surface area (Å²) in [5, 5.41) is 0.587. The zero-order chi connectivity index (χ0) is 31.8. The molecule has 44 heavy (non-hydrogen) atoms. The lowest BCUT2D eigenvalue weighted by Gasteiger charge is -2.37. The van der Waals surface area contributed by atoms with E-state index in [4.69, 9.17) is 16.3 Å². The lowest BCUT2D eigenvalue weighted by Crippen LogP contribution is -2.44. The number of benzene rings is 2. The Morgan fingerprint density at radius 2 is 1.73 bits per heavy atom. The Kier molecular flexibility index (Phi) is 10.2. The second-order valence-electron chi connectivity index (χ2n) is 13.1. The maximum absolute atomic E-state index is 15.1. The van der Waals surface area contributed by atoms with Crippen LogP contribution in [0.15, 0.2) is 30.3 Å². The van der Waals surface area contributed by atoms with Crippen LogP contribution in [0.5, 0.6) is 0 Å². The summed E-state index contributed by atoms with van der Waals surface area (Å²) in [4.78, 5) is 18.3. The summed E-state index contributed by atoms with van der Waals surface area (Å²) in [5.74, 6) is -1.91. The van der Waals surface area contributed by atoms with E-state index in [1.807, 2.05) is 37.8 Å². The molecule has 3 aliphatic heterocycles. The number of anilines is 1. The minimum absolute atomic E-state index is 0.00790. The third kappa shape index (κ3) is 7.24. The summed E-state index contributed by atoms with van der Waals surface area (Å²) in [6.45, 7) is 9.63. The van der Waals surface area contributed by atoms with Gasteiger partial charge in [-0.05, 0) is 79.3 Å². The van der Waals surface area contributed by atoms with Crippen LogP contribution < -0.4 is 4.31 Å². The van der Waals surface area contributed by atoms with Gasteiger partial charge in [0.15, 0.2) is 0 Å². The van der Waals surface area contributed by atoms with Crippen molar-refractivity contribution in [2.45, 2.75) is 64.3 Å². The lowest BCUT2D eigenvalue weighted by atomic mass is 9.85. The van der Waals surface area contributed by atoms with E-state index in [-0.39, 0.29) is 29.7 Å². The number of nitrogens with zero attached hydrogens (tertiary/aromatic N) is 3. The molecule has 3 heterocycles. The highest BCUT2D eigenvalue weighted by Gasteiger charge is 2.44. The van der Waals surface area contributed by atoms with E-state index in [2.05, 4.69) is 4.90 Å². The molecule has 0 saturated carbocycles. The largest absolute Gasteiger partial charge is 0.381 e. The number of carbonyl (C=O) groups excluding carboxylic acids is 1. The number of piperidine rings is 1. The molecule has 0 radical (unpaired) electrons. The van der Waals surface area contributed by atoms with Gasteiger partial charge in [-0.15, -0.1) is 0 Å². The first-order valence-corrected chi connectivity index (χ1v) is 17.9. The second kappa shape index (κ2) is 13.6. The fourth-order valence-corrected chi connectivity index (χ4v) is 8.42. The van der Waals surface area contributed by atoms with Gasteiger partial charge in [0.2, 0.25) is 15.9 Å². The van der Waals surface area contributed by atoms with Crippen LogP contribution in [-0.4, -0.2) is 82.4 Å². The molecule has 3 fully saturated rings. The van der Waals surface area contributed by atoms with Crippen LogP contribution in [0.25, 0.3) is 0 Å². The van der Waals surface area contributed by atoms with Crippen molar-refractivity contribution >= 4 is 33.2 Å². The molecule has 1 unspecified atom stereocenters. The number of hydrogen-bond acceptors (Lipinski definition) is 5. The molecule has 2 atom stereocenters. The summed E-state index contributed by atoms with van der Waals surface area (Å²) in [7, 11) is -3.53. The van der Waals surface area contributed by atoms with E-state index in [1.165, 1.54) is 22.7 Å². The maximum atomic E-state index is 15.1. The molecule has 7 nitrogen and oxygen atoms in total. The summed E-state index contributed by atoms with van der Waals surface area (Å²) in [5.41, 5.74) is 2.74. The van der Waals surface area contributed by atoms with Gasteiger partial charge in [-0.25, -0.2) is 17.2 Å². The highest BCUT2D eigenvalue weighted by Crippen LogP contribution is 2.41. The number of ether oxygens (including phenoxy) is 1. The molecular formula is C33H44ClF2N3O4S. The number of carbonyl (C=O) groups is 1.